The number of methoxy groups -OCH3 is 2. The highest BCUT2D eigenvalue weighted by Gasteiger charge is 2.23. The van der Waals surface area contributed by atoms with Gasteiger partial charge in [-0.1, -0.05) is 18.2 Å². The van der Waals surface area contributed by atoms with Crippen LogP contribution in [0, 0.1) is 13.8 Å². The zero-order chi connectivity index (χ0) is 22.0. The predicted octanol–water partition coefficient (Wildman–Crippen LogP) is 3.80. The van der Waals surface area contributed by atoms with Crippen LogP contribution in [0.2, 0.25) is 0 Å². The second-order valence-electron chi connectivity index (χ2n) is 8.28. The van der Waals surface area contributed by atoms with Crippen LogP contribution in [0.4, 0.5) is 0 Å². The molecule has 0 saturated carbocycles. The van der Waals surface area contributed by atoms with Crippen LogP contribution in [0.5, 0.6) is 11.5 Å². The second kappa shape index (κ2) is 9.12. The smallest absolute Gasteiger partial charge is 0.179 e. The average molecular weight is 422 g/mol. The number of carbonyl (C=O) groups excluding carboxylic acids is 1. The molecule has 0 unspecified atom stereocenters. The Bertz CT molecular complexity index is 1080. The number of benzene rings is 2. The molecule has 0 amide bonds. The van der Waals surface area contributed by atoms with E-state index in [4.69, 9.17) is 9.47 Å². The van der Waals surface area contributed by atoms with Crippen LogP contribution in [0.15, 0.2) is 36.4 Å². The van der Waals surface area contributed by atoms with Gasteiger partial charge in [-0.05, 0) is 43.2 Å². The number of ketones is 1. The van der Waals surface area contributed by atoms with Crippen molar-refractivity contribution < 1.29 is 14.3 Å². The van der Waals surface area contributed by atoms with Crippen molar-refractivity contribution in [1.29, 1.82) is 0 Å². The Balaban J connectivity index is 1.37. The van der Waals surface area contributed by atoms with Gasteiger partial charge in [0.1, 0.15) is 0 Å². The lowest BCUT2D eigenvalue weighted by molar-refractivity contribution is 0.0844. The standard InChI is InChI=1S/C25H31N3O3/c1-17-13-23(30-3)24(31-4)14-19(17)15-27-9-11-28(12-10-27)16-22(29)25-18(2)26-21-8-6-5-7-20(21)25/h5-8,13-14,26H,9-12,15-16H2,1-4H3. The molecule has 0 radical (unpaired) electrons. The van der Waals surface area contributed by atoms with Crippen LogP contribution in [-0.4, -0.2) is 67.5 Å². The highest BCUT2D eigenvalue weighted by Crippen LogP contribution is 2.31. The van der Waals surface area contributed by atoms with E-state index in [2.05, 4.69) is 27.8 Å². The zero-order valence-electron chi connectivity index (χ0n) is 18.8. The van der Waals surface area contributed by atoms with Gasteiger partial charge in [0, 0.05) is 54.9 Å². The van der Waals surface area contributed by atoms with Gasteiger partial charge in [0.15, 0.2) is 17.3 Å². The summed E-state index contributed by atoms with van der Waals surface area (Å²) in [6, 6.07) is 12.1. The number of carbonyl (C=O) groups is 1. The Morgan fingerprint density at radius 3 is 2.32 bits per heavy atom. The molecule has 6 nitrogen and oxygen atoms in total. The van der Waals surface area contributed by atoms with Crippen molar-refractivity contribution in [2.24, 2.45) is 0 Å². The number of aromatic nitrogens is 1. The number of nitrogens with one attached hydrogen (secondary N) is 1. The van der Waals surface area contributed by atoms with Crippen molar-refractivity contribution in [1.82, 2.24) is 14.8 Å². The molecule has 1 aromatic heterocycles. The number of rotatable bonds is 7. The van der Waals surface area contributed by atoms with Crippen molar-refractivity contribution in [3.63, 3.8) is 0 Å². The third-order valence-corrected chi connectivity index (χ3v) is 6.24. The number of aromatic amines is 1. The molecule has 31 heavy (non-hydrogen) atoms. The molecule has 2 aromatic carbocycles. The van der Waals surface area contributed by atoms with Gasteiger partial charge >= 0.3 is 0 Å². The minimum atomic E-state index is 0.194. The van der Waals surface area contributed by atoms with E-state index in [0.29, 0.717) is 6.54 Å². The summed E-state index contributed by atoms with van der Waals surface area (Å²) < 4.78 is 10.9. The number of ether oxygens (including phenoxy) is 2. The Kier molecular flexibility index (Phi) is 6.30. The zero-order valence-corrected chi connectivity index (χ0v) is 18.8. The molecule has 0 bridgehead atoms. The first-order chi connectivity index (χ1) is 15.0. The van der Waals surface area contributed by atoms with E-state index in [1.807, 2.05) is 37.3 Å². The summed E-state index contributed by atoms with van der Waals surface area (Å²) in [6.07, 6.45) is 0. The number of piperazine rings is 1. The quantitative estimate of drug-likeness (QED) is 0.588. The number of para-hydroxylation sites is 1. The molecular weight excluding hydrogens is 390 g/mol. The van der Waals surface area contributed by atoms with Crippen molar-refractivity contribution >= 4 is 16.7 Å². The maximum absolute atomic E-state index is 13.1. The minimum absolute atomic E-state index is 0.194. The van der Waals surface area contributed by atoms with E-state index in [1.165, 1.54) is 11.1 Å². The number of hydrogen-bond acceptors (Lipinski definition) is 5. The lowest BCUT2D eigenvalue weighted by Crippen LogP contribution is -2.47. The van der Waals surface area contributed by atoms with Crippen LogP contribution < -0.4 is 9.47 Å². The van der Waals surface area contributed by atoms with Crippen LogP contribution in [-0.2, 0) is 6.54 Å². The van der Waals surface area contributed by atoms with Crippen molar-refractivity contribution in [3.05, 3.63) is 58.8 Å². The fraction of sp³-hybridized carbons (Fsp3) is 0.400. The molecule has 1 aliphatic heterocycles. The van der Waals surface area contributed by atoms with Gasteiger partial charge < -0.3 is 14.5 Å². The second-order valence-corrected chi connectivity index (χ2v) is 8.28. The van der Waals surface area contributed by atoms with E-state index < -0.39 is 0 Å². The summed E-state index contributed by atoms with van der Waals surface area (Å²) in [5.74, 6) is 1.72. The molecule has 3 aromatic rings. The lowest BCUT2D eigenvalue weighted by Gasteiger charge is -2.34. The molecule has 4 rings (SSSR count). The molecule has 1 fully saturated rings. The van der Waals surface area contributed by atoms with Crippen molar-refractivity contribution in [3.8, 4) is 11.5 Å². The van der Waals surface area contributed by atoms with Gasteiger partial charge in [-0.25, -0.2) is 0 Å². The van der Waals surface area contributed by atoms with Gasteiger partial charge in [0.2, 0.25) is 0 Å². The van der Waals surface area contributed by atoms with Gasteiger partial charge in [-0.15, -0.1) is 0 Å². The van der Waals surface area contributed by atoms with Crippen LogP contribution in [0.1, 0.15) is 27.2 Å². The first kappa shape index (κ1) is 21.4. The maximum atomic E-state index is 13.1. The number of H-pyrrole nitrogens is 1. The molecule has 0 spiro atoms. The Hall–Kier alpha value is -2.83. The summed E-state index contributed by atoms with van der Waals surface area (Å²) in [6.45, 7) is 9.08. The number of Topliss-reactive ketones (excluding diaryl/α,β-unsaturated/α-hetero) is 1. The number of aryl methyl sites for hydroxylation is 2. The minimum Gasteiger partial charge on any atom is -0.493 e. The normalized spacial score (nSPS) is 15.4. The third-order valence-electron chi connectivity index (χ3n) is 6.24. The lowest BCUT2D eigenvalue weighted by atomic mass is 10.1. The van der Waals surface area contributed by atoms with Crippen molar-refractivity contribution in [2.45, 2.75) is 20.4 Å². The molecule has 6 heteroatoms. The largest absolute Gasteiger partial charge is 0.493 e. The van der Waals surface area contributed by atoms with Gasteiger partial charge in [-0.3, -0.25) is 14.6 Å². The monoisotopic (exact) mass is 421 g/mol. The third kappa shape index (κ3) is 4.45. The van der Waals surface area contributed by atoms with Crippen molar-refractivity contribution in [2.75, 3.05) is 46.9 Å². The SMILES string of the molecule is COc1cc(C)c(CN2CCN(CC(=O)c3c(C)[nH]c4ccccc34)CC2)cc1OC. The first-order valence-corrected chi connectivity index (χ1v) is 10.8. The average Bonchev–Trinajstić information content (AvgIpc) is 3.11. The number of fused-ring (bicyclic) bond motifs is 1. The van der Waals surface area contributed by atoms with E-state index in [0.717, 1.165) is 66.4 Å². The van der Waals surface area contributed by atoms with Crippen LogP contribution in [0.25, 0.3) is 10.9 Å². The number of hydrogen-bond donors (Lipinski definition) is 1. The van der Waals surface area contributed by atoms with Crippen LogP contribution >= 0.6 is 0 Å². The van der Waals surface area contributed by atoms with E-state index in [9.17, 15) is 4.79 Å². The Morgan fingerprint density at radius 1 is 0.968 bits per heavy atom. The first-order valence-electron chi connectivity index (χ1n) is 10.8. The molecular formula is C25H31N3O3. The molecule has 1 aliphatic rings. The van der Waals surface area contributed by atoms with Crippen LogP contribution in [0.3, 0.4) is 0 Å². The van der Waals surface area contributed by atoms with Gasteiger partial charge in [-0.2, -0.15) is 0 Å². The number of nitrogens with zero attached hydrogens (tertiary/aromatic N) is 2. The highest BCUT2D eigenvalue weighted by atomic mass is 16.5. The summed E-state index contributed by atoms with van der Waals surface area (Å²) in [7, 11) is 3.33. The van der Waals surface area contributed by atoms with Gasteiger partial charge in [0.05, 0.1) is 20.8 Å². The molecule has 2 heterocycles. The summed E-state index contributed by atoms with van der Waals surface area (Å²) in [5, 5.41) is 1.02. The topological polar surface area (TPSA) is 57.8 Å². The Morgan fingerprint density at radius 2 is 1.61 bits per heavy atom. The fourth-order valence-electron chi connectivity index (χ4n) is 4.46. The fourth-order valence-corrected chi connectivity index (χ4v) is 4.46. The molecule has 0 atom stereocenters. The Labute approximate surface area is 183 Å². The molecule has 0 aliphatic carbocycles. The molecule has 1 N–H and O–H groups in total. The summed E-state index contributed by atoms with van der Waals surface area (Å²) in [5.41, 5.74) is 5.26. The van der Waals surface area contributed by atoms with Gasteiger partial charge in [0.25, 0.3) is 0 Å². The summed E-state index contributed by atoms with van der Waals surface area (Å²) >= 11 is 0. The molecule has 164 valence electrons. The highest BCUT2D eigenvalue weighted by molar-refractivity contribution is 6.10. The predicted molar refractivity (Wildman–Crippen MR) is 123 cm³/mol. The molecule has 1 saturated heterocycles. The van der Waals surface area contributed by atoms with E-state index in [-0.39, 0.29) is 5.78 Å². The maximum Gasteiger partial charge on any atom is 0.179 e. The van der Waals surface area contributed by atoms with E-state index in [1.54, 1.807) is 14.2 Å². The van der Waals surface area contributed by atoms with E-state index >= 15 is 0 Å². The summed E-state index contributed by atoms with van der Waals surface area (Å²) in [4.78, 5) is 21.1.